The third-order valence-corrected chi connectivity index (χ3v) is 4.86. The second-order valence-corrected chi connectivity index (χ2v) is 6.84. The molecule has 3 nitrogen and oxygen atoms in total. The van der Waals surface area contributed by atoms with Gasteiger partial charge in [-0.25, -0.2) is 0 Å². The molecule has 2 fully saturated rings. The van der Waals surface area contributed by atoms with Gasteiger partial charge in [-0.05, 0) is 44.1 Å². The minimum Gasteiger partial charge on any atom is -0.389 e. The van der Waals surface area contributed by atoms with Gasteiger partial charge in [0.25, 0.3) is 0 Å². The minimum atomic E-state index is -0.474. The molecule has 3 N–H and O–H groups in total. The van der Waals surface area contributed by atoms with Crippen LogP contribution < -0.4 is 5.73 Å². The average molecular weight is 240 g/mol. The van der Waals surface area contributed by atoms with E-state index in [0.29, 0.717) is 5.41 Å². The van der Waals surface area contributed by atoms with Crippen LogP contribution in [0.3, 0.4) is 0 Å². The fourth-order valence-corrected chi connectivity index (χ4v) is 3.45. The van der Waals surface area contributed by atoms with Crippen molar-refractivity contribution < 1.29 is 5.11 Å². The van der Waals surface area contributed by atoms with Crippen molar-refractivity contribution in [3.8, 4) is 0 Å². The van der Waals surface area contributed by atoms with Crippen LogP contribution >= 0.6 is 0 Å². The number of aliphatic hydroxyl groups is 1. The molecule has 0 spiro atoms. The summed E-state index contributed by atoms with van der Waals surface area (Å²) in [6.45, 7) is 8.05. The number of likely N-dealkylation sites (tertiary alicyclic amines) is 1. The number of hydrogen-bond donors (Lipinski definition) is 2. The third kappa shape index (κ3) is 3.21. The van der Waals surface area contributed by atoms with E-state index in [1.54, 1.807) is 0 Å². The van der Waals surface area contributed by atoms with E-state index in [4.69, 9.17) is 5.73 Å². The fraction of sp³-hybridized carbons (Fsp3) is 1.00. The summed E-state index contributed by atoms with van der Waals surface area (Å²) in [5.41, 5.74) is 5.89. The molecule has 0 amide bonds. The number of hydrogen-bond acceptors (Lipinski definition) is 3. The van der Waals surface area contributed by atoms with Crippen molar-refractivity contribution in [2.75, 3.05) is 26.2 Å². The molecule has 0 aromatic rings. The van der Waals surface area contributed by atoms with Crippen LogP contribution in [0.15, 0.2) is 0 Å². The number of nitrogens with two attached hydrogens (primary N) is 1. The second-order valence-electron chi connectivity index (χ2n) is 6.84. The molecule has 1 saturated heterocycles. The average Bonchev–Trinajstić information content (AvgIpc) is 2.62. The highest BCUT2D eigenvalue weighted by Gasteiger charge is 2.38. The van der Waals surface area contributed by atoms with Crippen molar-refractivity contribution in [1.82, 2.24) is 4.90 Å². The molecule has 2 aliphatic rings. The molecular formula is C14H28N2O. The van der Waals surface area contributed by atoms with E-state index in [1.807, 2.05) is 6.92 Å². The molecule has 0 aromatic heterocycles. The molecule has 1 atom stereocenters. The van der Waals surface area contributed by atoms with Gasteiger partial charge < -0.3 is 10.8 Å². The molecule has 1 heterocycles. The Morgan fingerprint density at radius 3 is 2.41 bits per heavy atom. The van der Waals surface area contributed by atoms with Crippen LogP contribution in [0, 0.1) is 11.3 Å². The van der Waals surface area contributed by atoms with Crippen LogP contribution in [-0.2, 0) is 0 Å². The van der Waals surface area contributed by atoms with E-state index >= 15 is 0 Å². The molecule has 100 valence electrons. The molecule has 1 aliphatic heterocycles. The Balaban J connectivity index is 1.91. The maximum Gasteiger partial charge on any atom is 0.0758 e. The molecule has 2 rings (SSSR count). The molecule has 3 heteroatoms. The summed E-state index contributed by atoms with van der Waals surface area (Å²) in [4.78, 5) is 2.42. The molecule has 17 heavy (non-hydrogen) atoms. The van der Waals surface area contributed by atoms with Crippen LogP contribution in [-0.4, -0.2) is 41.8 Å². The maximum absolute atomic E-state index is 10.0. The van der Waals surface area contributed by atoms with E-state index in [-0.39, 0.29) is 0 Å². The lowest BCUT2D eigenvalue weighted by Crippen LogP contribution is -2.45. The van der Waals surface area contributed by atoms with Gasteiger partial charge in [0.2, 0.25) is 0 Å². The van der Waals surface area contributed by atoms with Gasteiger partial charge in [0.1, 0.15) is 0 Å². The van der Waals surface area contributed by atoms with Crippen LogP contribution in [0.2, 0.25) is 0 Å². The fourth-order valence-electron chi connectivity index (χ4n) is 3.45. The topological polar surface area (TPSA) is 49.5 Å². The largest absolute Gasteiger partial charge is 0.389 e. The molecular weight excluding hydrogens is 212 g/mol. The number of rotatable bonds is 3. The van der Waals surface area contributed by atoms with Crippen LogP contribution in [0.25, 0.3) is 0 Å². The van der Waals surface area contributed by atoms with Gasteiger partial charge in [-0.15, -0.1) is 0 Å². The first-order valence-corrected chi connectivity index (χ1v) is 7.10. The summed E-state index contributed by atoms with van der Waals surface area (Å²) >= 11 is 0. The van der Waals surface area contributed by atoms with Crippen LogP contribution in [0.1, 0.15) is 46.0 Å². The first-order chi connectivity index (χ1) is 7.95. The molecule has 1 saturated carbocycles. The van der Waals surface area contributed by atoms with E-state index in [2.05, 4.69) is 11.8 Å². The van der Waals surface area contributed by atoms with Crippen molar-refractivity contribution in [2.45, 2.75) is 51.6 Å². The van der Waals surface area contributed by atoms with E-state index < -0.39 is 5.60 Å². The van der Waals surface area contributed by atoms with Crippen molar-refractivity contribution in [1.29, 1.82) is 0 Å². The first-order valence-electron chi connectivity index (χ1n) is 7.10. The first kappa shape index (κ1) is 13.3. The quantitative estimate of drug-likeness (QED) is 0.788. The highest BCUT2D eigenvalue weighted by Crippen LogP contribution is 2.39. The van der Waals surface area contributed by atoms with Gasteiger partial charge in [-0.3, -0.25) is 4.90 Å². The predicted octanol–water partition coefficient (Wildman–Crippen LogP) is 1.60. The lowest BCUT2D eigenvalue weighted by molar-refractivity contribution is 0.0526. The summed E-state index contributed by atoms with van der Waals surface area (Å²) < 4.78 is 0. The lowest BCUT2D eigenvalue weighted by atomic mass is 9.70. The smallest absolute Gasteiger partial charge is 0.0758 e. The maximum atomic E-state index is 10.0. The zero-order valence-electron chi connectivity index (χ0n) is 11.4. The van der Waals surface area contributed by atoms with Crippen molar-refractivity contribution in [3.05, 3.63) is 0 Å². The van der Waals surface area contributed by atoms with E-state index in [0.717, 1.165) is 38.5 Å². The Labute approximate surface area is 105 Å². The SMILES string of the molecule is CC1CCC(CN)(CN2CCC(C)(O)C2)CC1. The highest BCUT2D eigenvalue weighted by atomic mass is 16.3. The lowest BCUT2D eigenvalue weighted by Gasteiger charge is -2.41. The van der Waals surface area contributed by atoms with Gasteiger partial charge in [-0.1, -0.05) is 19.8 Å². The molecule has 0 aromatic carbocycles. The molecule has 0 bridgehead atoms. The van der Waals surface area contributed by atoms with Crippen molar-refractivity contribution in [2.24, 2.45) is 17.1 Å². The van der Waals surface area contributed by atoms with Gasteiger partial charge in [0.05, 0.1) is 5.60 Å². The Kier molecular flexibility index (Phi) is 3.81. The van der Waals surface area contributed by atoms with Crippen molar-refractivity contribution in [3.63, 3.8) is 0 Å². The van der Waals surface area contributed by atoms with Gasteiger partial charge >= 0.3 is 0 Å². The zero-order chi connectivity index (χ0) is 12.5. The van der Waals surface area contributed by atoms with Crippen LogP contribution in [0.4, 0.5) is 0 Å². The summed E-state index contributed by atoms with van der Waals surface area (Å²) in [6, 6.07) is 0. The zero-order valence-corrected chi connectivity index (χ0v) is 11.4. The number of nitrogens with zero attached hydrogens (tertiary/aromatic N) is 1. The summed E-state index contributed by atoms with van der Waals surface area (Å²) in [5, 5.41) is 10.0. The van der Waals surface area contributed by atoms with Crippen LogP contribution in [0.5, 0.6) is 0 Å². The molecule has 0 radical (unpaired) electrons. The summed E-state index contributed by atoms with van der Waals surface area (Å²) in [6.07, 6.45) is 6.08. The minimum absolute atomic E-state index is 0.326. The van der Waals surface area contributed by atoms with E-state index in [1.165, 1.54) is 25.7 Å². The Hall–Kier alpha value is -0.120. The predicted molar refractivity (Wildman–Crippen MR) is 70.8 cm³/mol. The summed E-state index contributed by atoms with van der Waals surface area (Å²) in [5.74, 6) is 0.872. The Morgan fingerprint density at radius 2 is 1.94 bits per heavy atom. The highest BCUT2D eigenvalue weighted by molar-refractivity contribution is 4.93. The van der Waals surface area contributed by atoms with E-state index in [9.17, 15) is 5.11 Å². The Morgan fingerprint density at radius 1 is 1.29 bits per heavy atom. The Bertz CT molecular complexity index is 257. The third-order valence-electron chi connectivity index (χ3n) is 4.86. The van der Waals surface area contributed by atoms with Gasteiger partial charge in [-0.2, -0.15) is 0 Å². The summed E-state index contributed by atoms with van der Waals surface area (Å²) in [7, 11) is 0. The van der Waals surface area contributed by atoms with Gasteiger partial charge in [0.15, 0.2) is 0 Å². The normalized spacial score (nSPS) is 44.1. The van der Waals surface area contributed by atoms with Crippen molar-refractivity contribution >= 4 is 0 Å². The number of β-amino-alcohol motifs (C(OH)–C–C–N with tert-alkyl or cyclic N) is 1. The standard InChI is InChI=1S/C14H28N2O/c1-12-3-5-14(9-15,6-4-12)11-16-8-7-13(2,17)10-16/h12,17H,3-11,15H2,1-2H3. The second kappa shape index (κ2) is 4.87. The monoisotopic (exact) mass is 240 g/mol. The van der Waals surface area contributed by atoms with Gasteiger partial charge in [0, 0.05) is 19.6 Å². The molecule has 1 unspecified atom stereocenters. The molecule has 1 aliphatic carbocycles.